The minimum atomic E-state index is -0.561. The number of para-hydroxylation sites is 1. The van der Waals surface area contributed by atoms with Crippen LogP contribution in [0.5, 0.6) is 0 Å². The first kappa shape index (κ1) is 16.2. The number of benzene rings is 2. The van der Waals surface area contributed by atoms with Crippen LogP contribution in [0, 0.1) is 5.82 Å². The fraction of sp³-hybridized carbons (Fsp3) is 0.0588. The summed E-state index contributed by atoms with van der Waals surface area (Å²) in [6.45, 7) is 0. The number of esters is 1. The molecule has 23 heavy (non-hydrogen) atoms. The first-order valence-electron chi connectivity index (χ1n) is 6.77. The van der Waals surface area contributed by atoms with Crippen LogP contribution in [0.2, 0.25) is 0 Å². The number of hydrogen-bond acceptors (Lipinski definition) is 3. The summed E-state index contributed by atoms with van der Waals surface area (Å²) in [7, 11) is 1.26. The summed E-state index contributed by atoms with van der Waals surface area (Å²) in [5.41, 5.74) is 0.905. The first-order chi connectivity index (χ1) is 11.1. The third-order valence-corrected chi connectivity index (χ3v) is 2.96. The van der Waals surface area contributed by atoms with Gasteiger partial charge in [0.15, 0.2) is 0 Å². The highest BCUT2D eigenvalue weighted by molar-refractivity contribution is 6.01. The maximum atomic E-state index is 13.4. The average Bonchev–Trinajstić information content (AvgIpc) is 2.56. The second-order valence-electron chi connectivity index (χ2n) is 4.49. The predicted octanol–water partition coefficient (Wildman–Crippen LogP) is 3.40. The van der Waals surface area contributed by atoms with E-state index < -0.39 is 12.0 Å². The fourth-order valence-corrected chi connectivity index (χ4v) is 1.86. The van der Waals surface area contributed by atoms with Gasteiger partial charge in [-0.05, 0) is 24.3 Å². The maximum absolute atomic E-state index is 13.4. The van der Waals surface area contributed by atoms with E-state index in [9.17, 15) is 14.0 Å². The Kier molecular flexibility index (Phi) is 5.46. The van der Waals surface area contributed by atoms with Crippen molar-refractivity contribution in [3.63, 3.8) is 0 Å². The van der Waals surface area contributed by atoms with Crippen molar-refractivity contribution in [2.45, 2.75) is 0 Å². The number of amides is 2. The van der Waals surface area contributed by atoms with Crippen LogP contribution in [0.25, 0.3) is 6.08 Å². The van der Waals surface area contributed by atoms with Crippen LogP contribution in [-0.4, -0.2) is 19.1 Å². The van der Waals surface area contributed by atoms with Crippen molar-refractivity contribution >= 4 is 23.8 Å². The second-order valence-corrected chi connectivity index (χ2v) is 4.49. The zero-order valence-electron chi connectivity index (χ0n) is 12.4. The molecule has 0 bridgehead atoms. The SMILES string of the molecule is COC(=O)c1ccccc1NC(=O)N/C=C/c1ccccc1F. The quantitative estimate of drug-likeness (QED) is 0.850. The van der Waals surface area contributed by atoms with Gasteiger partial charge in [-0.15, -0.1) is 0 Å². The van der Waals surface area contributed by atoms with Crippen LogP contribution in [0.1, 0.15) is 15.9 Å². The number of urea groups is 1. The van der Waals surface area contributed by atoms with Gasteiger partial charge in [0.2, 0.25) is 0 Å². The largest absolute Gasteiger partial charge is 0.465 e. The Morgan fingerprint density at radius 2 is 1.78 bits per heavy atom. The van der Waals surface area contributed by atoms with Crippen molar-refractivity contribution < 1.29 is 18.7 Å². The first-order valence-corrected chi connectivity index (χ1v) is 6.77. The number of carbonyl (C=O) groups excluding carboxylic acids is 2. The molecule has 2 aromatic carbocycles. The van der Waals surface area contributed by atoms with Crippen LogP contribution >= 0.6 is 0 Å². The molecule has 0 saturated heterocycles. The van der Waals surface area contributed by atoms with Gasteiger partial charge in [-0.2, -0.15) is 0 Å². The summed E-state index contributed by atoms with van der Waals surface area (Å²) in [5.74, 6) is -0.940. The smallest absolute Gasteiger partial charge is 0.339 e. The number of nitrogens with one attached hydrogen (secondary N) is 2. The van der Waals surface area contributed by atoms with E-state index in [2.05, 4.69) is 15.4 Å². The Labute approximate surface area is 132 Å². The van der Waals surface area contributed by atoms with Crippen molar-refractivity contribution in [3.8, 4) is 0 Å². The number of methoxy groups -OCH3 is 1. The molecule has 2 rings (SSSR count). The third-order valence-electron chi connectivity index (χ3n) is 2.96. The summed E-state index contributed by atoms with van der Waals surface area (Å²) in [5, 5.41) is 4.97. The second kappa shape index (κ2) is 7.74. The molecule has 0 unspecified atom stereocenters. The Hall–Kier alpha value is -3.15. The zero-order valence-corrected chi connectivity index (χ0v) is 12.4. The lowest BCUT2D eigenvalue weighted by Gasteiger charge is -2.09. The molecule has 0 atom stereocenters. The highest BCUT2D eigenvalue weighted by Crippen LogP contribution is 2.15. The number of hydrogen-bond donors (Lipinski definition) is 2. The Morgan fingerprint density at radius 1 is 1.09 bits per heavy atom. The number of ether oxygens (including phenoxy) is 1. The monoisotopic (exact) mass is 314 g/mol. The fourth-order valence-electron chi connectivity index (χ4n) is 1.86. The van der Waals surface area contributed by atoms with Gasteiger partial charge in [0.1, 0.15) is 5.82 Å². The molecule has 0 fully saturated rings. The van der Waals surface area contributed by atoms with E-state index in [4.69, 9.17) is 0 Å². The van der Waals surface area contributed by atoms with Gasteiger partial charge in [-0.3, -0.25) is 0 Å². The molecular formula is C17H15FN2O3. The molecule has 0 saturated carbocycles. The number of rotatable bonds is 4. The highest BCUT2D eigenvalue weighted by Gasteiger charge is 2.12. The summed E-state index contributed by atoms with van der Waals surface area (Å²) in [6, 6.07) is 12.1. The topological polar surface area (TPSA) is 67.4 Å². The molecule has 0 aliphatic heterocycles. The summed E-state index contributed by atoms with van der Waals surface area (Å²) < 4.78 is 18.1. The molecule has 5 nitrogen and oxygen atoms in total. The Morgan fingerprint density at radius 3 is 2.52 bits per heavy atom. The van der Waals surface area contributed by atoms with Crippen molar-refractivity contribution in [3.05, 3.63) is 71.7 Å². The van der Waals surface area contributed by atoms with Gasteiger partial charge < -0.3 is 15.4 Å². The van der Waals surface area contributed by atoms with E-state index in [-0.39, 0.29) is 11.4 Å². The highest BCUT2D eigenvalue weighted by atomic mass is 19.1. The van der Waals surface area contributed by atoms with E-state index in [0.29, 0.717) is 11.3 Å². The molecule has 118 valence electrons. The van der Waals surface area contributed by atoms with E-state index in [0.717, 1.165) is 0 Å². The van der Waals surface area contributed by atoms with E-state index in [1.54, 1.807) is 36.4 Å². The summed E-state index contributed by atoms with van der Waals surface area (Å²) >= 11 is 0. The zero-order chi connectivity index (χ0) is 16.7. The van der Waals surface area contributed by atoms with E-state index in [1.165, 1.54) is 31.5 Å². The van der Waals surface area contributed by atoms with Crippen LogP contribution in [0.4, 0.5) is 14.9 Å². The molecule has 0 aliphatic rings. The van der Waals surface area contributed by atoms with Crippen LogP contribution in [0.15, 0.2) is 54.7 Å². The molecule has 0 radical (unpaired) electrons. The van der Waals surface area contributed by atoms with Crippen molar-refractivity contribution in [1.29, 1.82) is 0 Å². The molecule has 2 amide bonds. The Balaban J connectivity index is 2.01. The predicted molar refractivity (Wildman–Crippen MR) is 85.4 cm³/mol. The number of carbonyl (C=O) groups is 2. The lowest BCUT2D eigenvalue weighted by atomic mass is 10.2. The van der Waals surface area contributed by atoms with Gasteiger partial charge in [0.05, 0.1) is 18.4 Å². The minimum absolute atomic E-state index is 0.239. The van der Waals surface area contributed by atoms with Gasteiger partial charge in [-0.25, -0.2) is 14.0 Å². The minimum Gasteiger partial charge on any atom is -0.465 e. The molecular weight excluding hydrogens is 299 g/mol. The normalized spacial score (nSPS) is 10.3. The summed E-state index contributed by atoms with van der Waals surface area (Å²) in [6.07, 6.45) is 2.75. The van der Waals surface area contributed by atoms with Gasteiger partial charge in [0.25, 0.3) is 0 Å². The van der Waals surface area contributed by atoms with Gasteiger partial charge >= 0.3 is 12.0 Å². The molecule has 0 spiro atoms. The molecule has 0 aliphatic carbocycles. The van der Waals surface area contributed by atoms with Gasteiger partial charge in [-0.1, -0.05) is 30.3 Å². The Bertz CT molecular complexity index is 744. The lowest BCUT2D eigenvalue weighted by molar-refractivity contribution is 0.0602. The molecule has 0 heterocycles. The van der Waals surface area contributed by atoms with Crippen molar-refractivity contribution in [2.75, 3.05) is 12.4 Å². The summed E-state index contributed by atoms with van der Waals surface area (Å²) in [4.78, 5) is 23.4. The molecule has 2 N–H and O–H groups in total. The van der Waals surface area contributed by atoms with Crippen LogP contribution in [-0.2, 0) is 4.74 Å². The maximum Gasteiger partial charge on any atom is 0.339 e. The van der Waals surface area contributed by atoms with Gasteiger partial charge in [0, 0.05) is 11.8 Å². The molecule has 6 heteroatoms. The number of anilines is 1. The van der Waals surface area contributed by atoms with Crippen LogP contribution in [0.3, 0.4) is 0 Å². The lowest BCUT2D eigenvalue weighted by Crippen LogP contribution is -2.25. The number of halogens is 1. The molecule has 2 aromatic rings. The average molecular weight is 314 g/mol. The third kappa shape index (κ3) is 4.41. The van der Waals surface area contributed by atoms with E-state index in [1.807, 2.05) is 0 Å². The standard InChI is InChI=1S/C17H15FN2O3/c1-23-16(21)13-7-3-5-9-15(13)20-17(22)19-11-10-12-6-2-4-8-14(12)18/h2-11H,1H3,(H2,19,20,22)/b11-10+. The van der Waals surface area contributed by atoms with Crippen molar-refractivity contribution in [2.24, 2.45) is 0 Å². The van der Waals surface area contributed by atoms with Crippen molar-refractivity contribution in [1.82, 2.24) is 5.32 Å². The molecule has 0 aromatic heterocycles. The van der Waals surface area contributed by atoms with Crippen LogP contribution < -0.4 is 10.6 Å². The van der Waals surface area contributed by atoms with E-state index >= 15 is 0 Å².